The molecule has 184 valence electrons. The zero-order valence-corrected chi connectivity index (χ0v) is 22.0. The average molecular weight is 511 g/mol. The van der Waals surface area contributed by atoms with E-state index in [-0.39, 0.29) is 12.3 Å². The summed E-state index contributed by atoms with van der Waals surface area (Å²) < 4.78 is 2.08. The number of thiophene rings is 1. The molecule has 1 amide bonds. The Labute approximate surface area is 215 Å². The van der Waals surface area contributed by atoms with Gasteiger partial charge in [-0.05, 0) is 64.4 Å². The molecule has 7 nitrogen and oxygen atoms in total. The molecule has 1 fully saturated rings. The molecule has 0 radical (unpaired) electrons. The van der Waals surface area contributed by atoms with Gasteiger partial charge in [0.25, 0.3) is 0 Å². The number of carbonyl (C=O) groups is 1. The van der Waals surface area contributed by atoms with Gasteiger partial charge in [-0.2, -0.15) is 0 Å². The van der Waals surface area contributed by atoms with E-state index in [4.69, 9.17) is 16.6 Å². The van der Waals surface area contributed by atoms with Gasteiger partial charge in [0.05, 0.1) is 12.1 Å². The van der Waals surface area contributed by atoms with Gasteiger partial charge in [0, 0.05) is 34.1 Å². The molecule has 0 bridgehead atoms. The SMILES string of the molecule is Cc1sc2c(c1C)C(c1ccc(Cl)cc1)=N[C@@H](CC(=O)NCCN1CCCCC1)c1nnc(C)n1-2. The minimum atomic E-state index is -0.434. The fourth-order valence-electron chi connectivity index (χ4n) is 4.92. The van der Waals surface area contributed by atoms with Gasteiger partial charge < -0.3 is 10.2 Å². The predicted molar refractivity (Wildman–Crippen MR) is 141 cm³/mol. The smallest absolute Gasteiger partial charge is 0.222 e. The number of fused-ring (bicyclic) bond motifs is 3. The zero-order chi connectivity index (χ0) is 24.5. The quantitative estimate of drug-likeness (QED) is 0.517. The summed E-state index contributed by atoms with van der Waals surface area (Å²) >= 11 is 7.89. The highest BCUT2D eigenvalue weighted by atomic mass is 35.5. The Hall–Kier alpha value is -2.55. The first-order valence-corrected chi connectivity index (χ1v) is 13.5. The third-order valence-electron chi connectivity index (χ3n) is 6.93. The van der Waals surface area contributed by atoms with Crippen LogP contribution in [0.5, 0.6) is 0 Å². The molecule has 1 saturated heterocycles. The number of likely N-dealkylation sites (tertiary alicyclic amines) is 1. The Bertz CT molecular complexity index is 1260. The third kappa shape index (κ3) is 4.92. The summed E-state index contributed by atoms with van der Waals surface area (Å²) in [6.45, 7) is 9.99. The van der Waals surface area contributed by atoms with Crippen LogP contribution in [-0.4, -0.2) is 57.5 Å². The summed E-state index contributed by atoms with van der Waals surface area (Å²) in [5.74, 6) is 1.49. The molecule has 0 saturated carbocycles. The van der Waals surface area contributed by atoms with Gasteiger partial charge in [0.1, 0.15) is 16.9 Å². The maximum Gasteiger partial charge on any atom is 0.222 e. The van der Waals surface area contributed by atoms with Crippen molar-refractivity contribution in [2.24, 2.45) is 4.99 Å². The molecule has 5 rings (SSSR count). The number of piperidine rings is 1. The lowest BCUT2D eigenvalue weighted by Crippen LogP contribution is -2.38. The molecule has 0 spiro atoms. The standard InChI is InChI=1S/C26H31ClN6OS/c1-16-17(2)35-26-23(16)24(19-7-9-20(27)10-8-19)29-21(25-31-30-18(3)33(25)26)15-22(34)28-11-14-32-12-5-4-6-13-32/h7-10,21H,4-6,11-15H2,1-3H3,(H,28,34)/t21-/m0/s1. The number of halogens is 1. The Morgan fingerprint density at radius 2 is 1.86 bits per heavy atom. The van der Waals surface area contributed by atoms with Crippen LogP contribution in [-0.2, 0) is 4.79 Å². The molecule has 0 unspecified atom stereocenters. The van der Waals surface area contributed by atoms with E-state index in [1.165, 1.54) is 29.7 Å². The van der Waals surface area contributed by atoms with E-state index in [0.29, 0.717) is 17.4 Å². The van der Waals surface area contributed by atoms with Crippen LogP contribution in [0.4, 0.5) is 0 Å². The van der Waals surface area contributed by atoms with Gasteiger partial charge in [-0.15, -0.1) is 21.5 Å². The molecular weight excluding hydrogens is 480 g/mol. The van der Waals surface area contributed by atoms with E-state index in [2.05, 4.69) is 38.8 Å². The second kappa shape index (κ2) is 10.2. The highest BCUT2D eigenvalue weighted by molar-refractivity contribution is 7.15. The van der Waals surface area contributed by atoms with E-state index in [0.717, 1.165) is 47.3 Å². The molecule has 4 heterocycles. The maximum absolute atomic E-state index is 13.0. The molecule has 2 aliphatic rings. The number of aromatic nitrogens is 3. The Morgan fingerprint density at radius 1 is 1.11 bits per heavy atom. The third-order valence-corrected chi connectivity index (χ3v) is 8.38. The van der Waals surface area contributed by atoms with Gasteiger partial charge in [-0.1, -0.05) is 30.2 Å². The van der Waals surface area contributed by atoms with Gasteiger partial charge in [-0.3, -0.25) is 14.4 Å². The molecule has 0 aliphatic carbocycles. The molecule has 9 heteroatoms. The number of rotatable bonds is 6. The van der Waals surface area contributed by atoms with Crippen molar-refractivity contribution in [1.29, 1.82) is 0 Å². The van der Waals surface area contributed by atoms with Crippen molar-refractivity contribution in [3.05, 3.63) is 62.5 Å². The van der Waals surface area contributed by atoms with Crippen molar-refractivity contribution in [2.75, 3.05) is 26.2 Å². The van der Waals surface area contributed by atoms with Crippen molar-refractivity contribution < 1.29 is 4.79 Å². The molecule has 35 heavy (non-hydrogen) atoms. The number of hydrogen-bond acceptors (Lipinski definition) is 6. The molecule has 3 aromatic rings. The maximum atomic E-state index is 13.0. The molecular formula is C26H31ClN6OS. The summed E-state index contributed by atoms with van der Waals surface area (Å²) in [6, 6.07) is 7.31. The van der Waals surface area contributed by atoms with E-state index >= 15 is 0 Å². The molecule has 2 aliphatic heterocycles. The summed E-state index contributed by atoms with van der Waals surface area (Å²) in [5, 5.41) is 13.7. The predicted octanol–water partition coefficient (Wildman–Crippen LogP) is 4.79. The lowest BCUT2D eigenvalue weighted by atomic mass is 9.99. The molecule has 1 atom stereocenters. The largest absolute Gasteiger partial charge is 0.355 e. The molecule has 1 aromatic carbocycles. The average Bonchev–Trinajstić information content (AvgIpc) is 3.32. The first-order valence-electron chi connectivity index (χ1n) is 12.3. The van der Waals surface area contributed by atoms with Gasteiger partial charge in [-0.25, -0.2) is 0 Å². The van der Waals surface area contributed by atoms with Crippen LogP contribution in [0.3, 0.4) is 0 Å². The second-order valence-electron chi connectivity index (χ2n) is 9.36. The van der Waals surface area contributed by atoms with Crippen molar-refractivity contribution in [1.82, 2.24) is 25.0 Å². The van der Waals surface area contributed by atoms with Crippen molar-refractivity contribution in [2.45, 2.75) is 52.5 Å². The summed E-state index contributed by atoms with van der Waals surface area (Å²) in [4.78, 5) is 21.9. The first-order chi connectivity index (χ1) is 16.9. The second-order valence-corrected chi connectivity index (χ2v) is 11.0. The van der Waals surface area contributed by atoms with Crippen molar-refractivity contribution in [3.63, 3.8) is 0 Å². The van der Waals surface area contributed by atoms with Crippen LogP contribution in [0.25, 0.3) is 5.00 Å². The summed E-state index contributed by atoms with van der Waals surface area (Å²) in [5.41, 5.74) is 4.11. The molecule has 1 N–H and O–H groups in total. The number of carbonyl (C=O) groups excluding carboxylic acids is 1. The van der Waals surface area contributed by atoms with Crippen molar-refractivity contribution >= 4 is 34.6 Å². The summed E-state index contributed by atoms with van der Waals surface area (Å²) in [6.07, 6.45) is 4.03. The van der Waals surface area contributed by atoms with Gasteiger partial charge in [0.15, 0.2) is 5.82 Å². The van der Waals surface area contributed by atoms with E-state index in [1.54, 1.807) is 11.3 Å². The highest BCUT2D eigenvalue weighted by Gasteiger charge is 2.32. The monoisotopic (exact) mass is 510 g/mol. The van der Waals surface area contributed by atoms with Gasteiger partial charge >= 0.3 is 0 Å². The number of nitrogens with zero attached hydrogens (tertiary/aromatic N) is 5. The number of aliphatic imine (C=N–C) groups is 1. The lowest BCUT2D eigenvalue weighted by Gasteiger charge is -2.26. The van der Waals surface area contributed by atoms with Crippen LogP contribution < -0.4 is 5.32 Å². The van der Waals surface area contributed by atoms with Crippen LogP contribution in [0.2, 0.25) is 5.02 Å². The lowest BCUT2D eigenvalue weighted by molar-refractivity contribution is -0.121. The van der Waals surface area contributed by atoms with Gasteiger partial charge in [0.2, 0.25) is 5.91 Å². The molecule has 2 aromatic heterocycles. The number of aryl methyl sites for hydroxylation is 2. The minimum absolute atomic E-state index is 0.0171. The number of benzene rings is 1. The fourth-order valence-corrected chi connectivity index (χ4v) is 6.26. The first kappa shape index (κ1) is 24.2. The number of amides is 1. The Balaban J connectivity index is 1.46. The van der Waals surface area contributed by atoms with Crippen LogP contribution in [0.1, 0.15) is 64.9 Å². The highest BCUT2D eigenvalue weighted by Crippen LogP contribution is 2.39. The van der Waals surface area contributed by atoms with E-state index < -0.39 is 6.04 Å². The minimum Gasteiger partial charge on any atom is -0.355 e. The fraction of sp³-hybridized carbons (Fsp3) is 0.462. The number of nitrogens with one attached hydrogen (secondary N) is 1. The van der Waals surface area contributed by atoms with Crippen LogP contribution >= 0.6 is 22.9 Å². The van der Waals surface area contributed by atoms with Crippen molar-refractivity contribution in [3.8, 4) is 5.00 Å². The summed E-state index contributed by atoms with van der Waals surface area (Å²) in [7, 11) is 0. The zero-order valence-electron chi connectivity index (χ0n) is 20.5. The normalized spacial score (nSPS) is 17.9. The Morgan fingerprint density at radius 3 is 2.60 bits per heavy atom. The van der Waals surface area contributed by atoms with E-state index in [9.17, 15) is 4.79 Å². The van der Waals surface area contributed by atoms with Crippen LogP contribution in [0.15, 0.2) is 29.3 Å². The topological polar surface area (TPSA) is 75.4 Å². The van der Waals surface area contributed by atoms with Crippen LogP contribution in [0, 0.1) is 20.8 Å². The Kier molecular flexibility index (Phi) is 7.05. The number of hydrogen-bond donors (Lipinski definition) is 1. The van der Waals surface area contributed by atoms with E-state index in [1.807, 2.05) is 31.2 Å².